The Morgan fingerprint density at radius 3 is 2.77 bits per heavy atom. The van der Waals surface area contributed by atoms with Gasteiger partial charge in [-0.3, -0.25) is 9.69 Å². The highest BCUT2D eigenvalue weighted by molar-refractivity contribution is 8.26. The number of carbonyl (C=O) groups excluding carboxylic acids is 1. The van der Waals surface area contributed by atoms with E-state index in [-0.39, 0.29) is 5.91 Å². The van der Waals surface area contributed by atoms with Crippen molar-refractivity contribution < 1.29 is 9.53 Å². The first kappa shape index (κ1) is 27.1. The molecular formula is C31H40N4O2S2. The first-order valence-electron chi connectivity index (χ1n) is 14.7. The van der Waals surface area contributed by atoms with Gasteiger partial charge in [-0.2, -0.15) is 0 Å². The molecule has 2 saturated heterocycles. The van der Waals surface area contributed by atoms with Crippen LogP contribution in [-0.4, -0.2) is 70.9 Å². The molecule has 2 bridgehead atoms. The third-order valence-electron chi connectivity index (χ3n) is 9.08. The van der Waals surface area contributed by atoms with Crippen LogP contribution < -0.4 is 10.1 Å². The Morgan fingerprint density at radius 2 is 2.00 bits per heavy atom. The van der Waals surface area contributed by atoms with Gasteiger partial charge >= 0.3 is 0 Å². The zero-order valence-corrected chi connectivity index (χ0v) is 24.5. The number of carbonyl (C=O) groups is 1. The number of fused-ring (bicyclic) bond motifs is 2. The van der Waals surface area contributed by atoms with Gasteiger partial charge in [-0.1, -0.05) is 49.0 Å². The van der Waals surface area contributed by atoms with Crippen LogP contribution in [0.5, 0.6) is 5.75 Å². The minimum Gasteiger partial charge on any atom is -0.497 e. The zero-order valence-electron chi connectivity index (χ0n) is 22.9. The summed E-state index contributed by atoms with van der Waals surface area (Å²) in [4.78, 5) is 22.5. The van der Waals surface area contributed by atoms with Crippen molar-refractivity contribution in [2.75, 3.05) is 39.8 Å². The zero-order chi connectivity index (χ0) is 26.8. The second-order valence-electron chi connectivity index (χ2n) is 11.6. The van der Waals surface area contributed by atoms with E-state index in [2.05, 4.69) is 39.5 Å². The number of ether oxygens (including phenoxy) is 1. The molecule has 6 nitrogen and oxygen atoms in total. The van der Waals surface area contributed by atoms with Gasteiger partial charge in [-0.05, 0) is 86.7 Å². The van der Waals surface area contributed by atoms with E-state index in [4.69, 9.17) is 17.0 Å². The van der Waals surface area contributed by atoms with E-state index in [0.717, 1.165) is 83.3 Å². The lowest BCUT2D eigenvalue weighted by Gasteiger charge is -2.30. The summed E-state index contributed by atoms with van der Waals surface area (Å²) in [6.07, 6.45) is 11.6. The van der Waals surface area contributed by atoms with Crippen molar-refractivity contribution in [3.8, 4) is 17.0 Å². The molecule has 3 heterocycles. The Kier molecular flexibility index (Phi) is 8.44. The standard InChI is InChI=1S/C31H40N4O2S2/c1-37-25-8-5-7-22(18-25)26-19-23(6-3-2-4-13-34-14-11-32-12-15-34)27(33-26)20-29-30(36)35(31(38)39-29)28-17-21-9-10-24(28)16-21/h5,7-8,18-21,24,28,32-33H,2-4,6,9-17H2,1H3. The number of amides is 1. The minimum atomic E-state index is 0.0991. The second kappa shape index (κ2) is 12.2. The maximum Gasteiger partial charge on any atom is 0.266 e. The number of methoxy groups -OCH3 is 1. The number of nitrogens with zero attached hydrogens (tertiary/aromatic N) is 2. The molecule has 208 valence electrons. The summed E-state index contributed by atoms with van der Waals surface area (Å²) < 4.78 is 6.20. The number of hydrogen-bond acceptors (Lipinski definition) is 6. The van der Waals surface area contributed by atoms with E-state index in [1.165, 1.54) is 56.0 Å². The lowest BCUT2D eigenvalue weighted by molar-refractivity contribution is -0.124. The minimum absolute atomic E-state index is 0.0991. The topological polar surface area (TPSA) is 60.6 Å². The highest BCUT2D eigenvalue weighted by atomic mass is 32.2. The van der Waals surface area contributed by atoms with Crippen molar-refractivity contribution in [1.29, 1.82) is 0 Å². The van der Waals surface area contributed by atoms with Crippen LogP contribution in [0.3, 0.4) is 0 Å². The fourth-order valence-electron chi connectivity index (χ4n) is 6.98. The summed E-state index contributed by atoms with van der Waals surface area (Å²) in [6, 6.07) is 10.7. The van der Waals surface area contributed by atoms with Crippen molar-refractivity contribution in [1.82, 2.24) is 20.1 Å². The molecule has 4 fully saturated rings. The largest absolute Gasteiger partial charge is 0.497 e. The van der Waals surface area contributed by atoms with Gasteiger partial charge in [-0.15, -0.1) is 0 Å². The van der Waals surface area contributed by atoms with Crippen LogP contribution >= 0.6 is 24.0 Å². The Hall–Kier alpha value is -2.13. The molecule has 1 aromatic heterocycles. The molecule has 3 unspecified atom stereocenters. The van der Waals surface area contributed by atoms with Crippen molar-refractivity contribution in [2.24, 2.45) is 11.8 Å². The number of hydrogen-bond donors (Lipinski definition) is 2. The predicted octanol–water partition coefficient (Wildman–Crippen LogP) is 5.70. The predicted molar refractivity (Wildman–Crippen MR) is 164 cm³/mol. The average molecular weight is 565 g/mol. The Labute approximate surface area is 241 Å². The Morgan fingerprint density at radius 1 is 1.13 bits per heavy atom. The Bertz CT molecular complexity index is 1230. The van der Waals surface area contributed by atoms with Gasteiger partial charge in [0.05, 0.1) is 12.0 Å². The number of piperazine rings is 1. The summed E-state index contributed by atoms with van der Waals surface area (Å²) in [7, 11) is 1.70. The number of aryl methyl sites for hydroxylation is 1. The number of aromatic amines is 1. The number of thiocarbonyl (C=S) groups is 1. The number of benzene rings is 1. The molecule has 1 aromatic carbocycles. The van der Waals surface area contributed by atoms with E-state index >= 15 is 0 Å². The van der Waals surface area contributed by atoms with Crippen LogP contribution in [0.25, 0.3) is 17.3 Å². The first-order valence-corrected chi connectivity index (χ1v) is 15.9. The van der Waals surface area contributed by atoms with Crippen LogP contribution in [0.2, 0.25) is 0 Å². The molecule has 8 heteroatoms. The van der Waals surface area contributed by atoms with Crippen LogP contribution in [0.4, 0.5) is 0 Å². The lowest BCUT2D eigenvalue weighted by atomic mass is 9.94. The Balaban J connectivity index is 1.18. The molecular weight excluding hydrogens is 525 g/mol. The van der Waals surface area contributed by atoms with Gasteiger partial charge in [0.25, 0.3) is 5.91 Å². The van der Waals surface area contributed by atoms with Crippen LogP contribution in [0, 0.1) is 11.8 Å². The van der Waals surface area contributed by atoms with E-state index in [1.807, 2.05) is 17.0 Å². The summed E-state index contributed by atoms with van der Waals surface area (Å²) in [6.45, 7) is 5.71. The van der Waals surface area contributed by atoms with Gasteiger partial charge in [-0.25, -0.2) is 0 Å². The molecule has 0 radical (unpaired) electrons. The molecule has 2 aliphatic heterocycles. The summed E-state index contributed by atoms with van der Waals surface area (Å²) >= 11 is 7.23. The average Bonchev–Trinajstić information content (AvgIpc) is 3.74. The number of H-pyrrole nitrogens is 1. The van der Waals surface area contributed by atoms with Crippen LogP contribution in [0.1, 0.15) is 56.2 Å². The molecule has 2 saturated carbocycles. The summed E-state index contributed by atoms with van der Waals surface area (Å²) in [5, 5.41) is 3.43. The van der Waals surface area contributed by atoms with E-state index in [9.17, 15) is 4.79 Å². The molecule has 2 aromatic rings. The van der Waals surface area contributed by atoms with Gasteiger partial charge < -0.3 is 19.9 Å². The van der Waals surface area contributed by atoms with Crippen LogP contribution in [0.15, 0.2) is 35.2 Å². The van der Waals surface area contributed by atoms with E-state index < -0.39 is 0 Å². The van der Waals surface area contributed by atoms with Crippen molar-refractivity contribution in [3.05, 3.63) is 46.5 Å². The van der Waals surface area contributed by atoms with Crippen LogP contribution in [-0.2, 0) is 11.2 Å². The molecule has 0 spiro atoms. The second-order valence-corrected chi connectivity index (χ2v) is 13.2. The quantitative estimate of drug-likeness (QED) is 0.219. The lowest BCUT2D eigenvalue weighted by Crippen LogP contribution is -2.43. The van der Waals surface area contributed by atoms with Crippen molar-refractivity contribution in [2.45, 2.75) is 57.4 Å². The molecule has 4 aliphatic rings. The normalized spacial score (nSPS) is 26.3. The smallest absolute Gasteiger partial charge is 0.266 e. The number of rotatable bonds is 10. The molecule has 3 atom stereocenters. The monoisotopic (exact) mass is 564 g/mol. The third-order valence-corrected chi connectivity index (χ3v) is 10.4. The van der Waals surface area contributed by atoms with E-state index in [0.29, 0.717) is 12.0 Å². The third kappa shape index (κ3) is 5.99. The van der Waals surface area contributed by atoms with Gasteiger partial charge in [0.1, 0.15) is 10.1 Å². The number of nitrogens with one attached hydrogen (secondary N) is 2. The highest BCUT2D eigenvalue weighted by Gasteiger charge is 2.48. The van der Waals surface area contributed by atoms with Gasteiger partial charge in [0, 0.05) is 49.2 Å². The van der Waals surface area contributed by atoms with Gasteiger partial charge in [0.2, 0.25) is 0 Å². The SMILES string of the molecule is COc1cccc(-c2cc(CCCCCN3CCNCC3)c(C=C3SC(=S)N(C4CC5CCC4C5)C3=O)[nH]2)c1. The summed E-state index contributed by atoms with van der Waals surface area (Å²) in [5.41, 5.74) is 4.44. The molecule has 39 heavy (non-hydrogen) atoms. The fourth-order valence-corrected chi connectivity index (χ4v) is 8.34. The fraction of sp³-hybridized carbons (Fsp3) is 0.548. The molecule has 2 aliphatic carbocycles. The maximum absolute atomic E-state index is 13.6. The summed E-state index contributed by atoms with van der Waals surface area (Å²) in [5.74, 6) is 2.34. The highest BCUT2D eigenvalue weighted by Crippen LogP contribution is 2.49. The number of unbranched alkanes of at least 4 members (excludes halogenated alkanes) is 2. The molecule has 2 N–H and O–H groups in total. The first-order chi connectivity index (χ1) is 19.1. The number of aromatic nitrogens is 1. The molecule has 1 amide bonds. The van der Waals surface area contributed by atoms with Crippen molar-refractivity contribution in [3.63, 3.8) is 0 Å². The van der Waals surface area contributed by atoms with Gasteiger partial charge in [0.15, 0.2) is 0 Å². The molecule has 6 rings (SSSR count). The number of thioether (sulfide) groups is 1. The van der Waals surface area contributed by atoms with Crippen molar-refractivity contribution >= 4 is 40.3 Å². The van der Waals surface area contributed by atoms with E-state index in [1.54, 1.807) is 7.11 Å². The maximum atomic E-state index is 13.6.